The van der Waals surface area contributed by atoms with Crippen LogP contribution >= 0.6 is 0 Å². The van der Waals surface area contributed by atoms with Crippen molar-refractivity contribution in [1.29, 1.82) is 0 Å². The van der Waals surface area contributed by atoms with Crippen molar-refractivity contribution in [2.75, 3.05) is 6.54 Å². The van der Waals surface area contributed by atoms with Crippen LogP contribution in [0.15, 0.2) is 30.5 Å². The molecule has 0 bridgehead atoms. The molecule has 20 heavy (non-hydrogen) atoms. The van der Waals surface area contributed by atoms with Gasteiger partial charge in [-0.25, -0.2) is 0 Å². The summed E-state index contributed by atoms with van der Waals surface area (Å²) in [7, 11) is 1.91. The lowest BCUT2D eigenvalue weighted by Crippen LogP contribution is -2.15. The molecule has 4 heteroatoms. The molecule has 0 fully saturated rings. The summed E-state index contributed by atoms with van der Waals surface area (Å²) in [6.07, 6.45) is 3.06. The molecule has 1 aromatic heterocycles. The van der Waals surface area contributed by atoms with Crippen molar-refractivity contribution in [3.05, 3.63) is 47.3 Å². The standard InChI is InChI=1S/C16H23N3O/c1-4-8-17-11-14-10-13(2)5-6-16(14)20-12-15-7-9-19(3)18-15/h5-7,9-10,17H,4,8,11-12H2,1-3H3. The van der Waals surface area contributed by atoms with Crippen LogP contribution in [0.2, 0.25) is 0 Å². The predicted octanol–water partition coefficient (Wildman–Crippen LogP) is 2.81. The largest absolute Gasteiger partial charge is 0.487 e. The normalized spacial score (nSPS) is 10.8. The first-order chi connectivity index (χ1) is 9.69. The van der Waals surface area contributed by atoms with E-state index < -0.39 is 0 Å². The third kappa shape index (κ3) is 4.10. The van der Waals surface area contributed by atoms with Gasteiger partial charge in [0.2, 0.25) is 0 Å². The summed E-state index contributed by atoms with van der Waals surface area (Å²) in [5.41, 5.74) is 3.40. The fourth-order valence-corrected chi connectivity index (χ4v) is 2.08. The number of nitrogens with zero attached hydrogens (tertiary/aromatic N) is 2. The van der Waals surface area contributed by atoms with Crippen LogP contribution in [0.3, 0.4) is 0 Å². The van der Waals surface area contributed by atoms with Crippen LogP contribution in [0.5, 0.6) is 5.75 Å². The second kappa shape index (κ2) is 7.10. The first kappa shape index (κ1) is 14.6. The highest BCUT2D eigenvalue weighted by molar-refractivity contribution is 5.37. The van der Waals surface area contributed by atoms with E-state index in [1.54, 1.807) is 4.68 Å². The number of rotatable bonds is 7. The van der Waals surface area contributed by atoms with Gasteiger partial charge in [0.05, 0.1) is 5.69 Å². The number of aromatic nitrogens is 2. The highest BCUT2D eigenvalue weighted by atomic mass is 16.5. The first-order valence-corrected chi connectivity index (χ1v) is 7.10. The fraction of sp³-hybridized carbons (Fsp3) is 0.438. The van der Waals surface area contributed by atoms with Crippen LogP contribution in [0, 0.1) is 6.92 Å². The third-order valence-corrected chi connectivity index (χ3v) is 3.10. The number of ether oxygens (including phenoxy) is 1. The van der Waals surface area contributed by atoms with Crippen LogP contribution in [-0.4, -0.2) is 16.3 Å². The highest BCUT2D eigenvalue weighted by Crippen LogP contribution is 2.21. The van der Waals surface area contributed by atoms with Crippen molar-refractivity contribution in [3.63, 3.8) is 0 Å². The zero-order valence-electron chi connectivity index (χ0n) is 12.5. The third-order valence-electron chi connectivity index (χ3n) is 3.10. The van der Waals surface area contributed by atoms with Crippen LogP contribution in [0.4, 0.5) is 0 Å². The molecule has 0 spiro atoms. The topological polar surface area (TPSA) is 39.1 Å². The molecule has 1 heterocycles. The van der Waals surface area contributed by atoms with Gasteiger partial charge < -0.3 is 10.1 Å². The van der Waals surface area contributed by atoms with E-state index in [9.17, 15) is 0 Å². The zero-order chi connectivity index (χ0) is 14.4. The molecular formula is C16H23N3O. The summed E-state index contributed by atoms with van der Waals surface area (Å²) in [4.78, 5) is 0. The molecule has 4 nitrogen and oxygen atoms in total. The van der Waals surface area contributed by atoms with Gasteiger partial charge in [-0.2, -0.15) is 5.10 Å². The maximum absolute atomic E-state index is 5.91. The van der Waals surface area contributed by atoms with E-state index in [1.807, 2.05) is 25.4 Å². The second-order valence-corrected chi connectivity index (χ2v) is 5.06. The van der Waals surface area contributed by atoms with Gasteiger partial charge in [-0.1, -0.05) is 24.6 Å². The van der Waals surface area contributed by atoms with Crippen LogP contribution in [-0.2, 0) is 20.2 Å². The quantitative estimate of drug-likeness (QED) is 0.788. The minimum atomic E-state index is 0.505. The Hall–Kier alpha value is -1.81. The zero-order valence-corrected chi connectivity index (χ0v) is 12.5. The molecule has 0 saturated heterocycles. The van der Waals surface area contributed by atoms with Gasteiger partial charge in [-0.15, -0.1) is 0 Å². The summed E-state index contributed by atoms with van der Waals surface area (Å²) in [5.74, 6) is 0.935. The molecule has 0 atom stereocenters. The first-order valence-electron chi connectivity index (χ1n) is 7.10. The summed E-state index contributed by atoms with van der Waals surface area (Å²) in [5, 5.41) is 7.75. The molecule has 1 aromatic carbocycles. The summed E-state index contributed by atoms with van der Waals surface area (Å²) in [6.45, 7) is 6.64. The average Bonchev–Trinajstić information content (AvgIpc) is 2.84. The van der Waals surface area contributed by atoms with Gasteiger partial charge in [0.25, 0.3) is 0 Å². The summed E-state index contributed by atoms with van der Waals surface area (Å²) >= 11 is 0. The molecule has 2 rings (SSSR count). The maximum Gasteiger partial charge on any atom is 0.132 e. The van der Waals surface area contributed by atoms with Gasteiger partial charge >= 0.3 is 0 Å². The minimum absolute atomic E-state index is 0.505. The van der Waals surface area contributed by atoms with E-state index in [2.05, 4.69) is 36.4 Å². The molecule has 0 radical (unpaired) electrons. The Morgan fingerprint density at radius 3 is 2.85 bits per heavy atom. The molecule has 0 unspecified atom stereocenters. The average molecular weight is 273 g/mol. The molecule has 1 N–H and O–H groups in total. The Labute approximate surface area is 120 Å². The lowest BCUT2D eigenvalue weighted by Gasteiger charge is -2.12. The highest BCUT2D eigenvalue weighted by Gasteiger charge is 2.05. The lowest BCUT2D eigenvalue weighted by molar-refractivity contribution is 0.296. The fourth-order valence-electron chi connectivity index (χ4n) is 2.08. The molecule has 0 aliphatic rings. The van der Waals surface area contributed by atoms with E-state index in [4.69, 9.17) is 4.74 Å². The van der Waals surface area contributed by atoms with Crippen molar-refractivity contribution >= 4 is 0 Å². The van der Waals surface area contributed by atoms with Gasteiger partial charge in [-0.05, 0) is 32.0 Å². The van der Waals surface area contributed by atoms with E-state index in [-0.39, 0.29) is 0 Å². The molecule has 108 valence electrons. The van der Waals surface area contributed by atoms with Crippen LogP contribution in [0.25, 0.3) is 0 Å². The van der Waals surface area contributed by atoms with Crippen molar-refractivity contribution in [2.45, 2.75) is 33.4 Å². The Balaban J connectivity index is 2.01. The van der Waals surface area contributed by atoms with Gasteiger partial charge in [0.1, 0.15) is 12.4 Å². The maximum atomic E-state index is 5.91. The van der Waals surface area contributed by atoms with E-state index in [0.29, 0.717) is 6.61 Å². The van der Waals surface area contributed by atoms with E-state index >= 15 is 0 Å². The second-order valence-electron chi connectivity index (χ2n) is 5.06. The molecule has 0 aliphatic heterocycles. The molecule has 0 aliphatic carbocycles. The van der Waals surface area contributed by atoms with Crippen molar-refractivity contribution in [3.8, 4) is 5.75 Å². The lowest BCUT2D eigenvalue weighted by atomic mass is 10.1. The summed E-state index contributed by atoms with van der Waals surface area (Å²) < 4.78 is 7.70. The number of hydrogen-bond acceptors (Lipinski definition) is 3. The molecule has 2 aromatic rings. The molecular weight excluding hydrogens is 250 g/mol. The molecule has 0 amide bonds. The van der Waals surface area contributed by atoms with Crippen LogP contribution < -0.4 is 10.1 Å². The Morgan fingerprint density at radius 1 is 1.30 bits per heavy atom. The van der Waals surface area contributed by atoms with Crippen LogP contribution in [0.1, 0.15) is 30.2 Å². The Morgan fingerprint density at radius 2 is 2.15 bits per heavy atom. The smallest absolute Gasteiger partial charge is 0.132 e. The van der Waals surface area contributed by atoms with Crippen molar-refractivity contribution in [2.24, 2.45) is 7.05 Å². The summed E-state index contributed by atoms with van der Waals surface area (Å²) in [6, 6.07) is 8.28. The van der Waals surface area contributed by atoms with Gasteiger partial charge in [0.15, 0.2) is 0 Å². The Kier molecular flexibility index (Phi) is 5.18. The van der Waals surface area contributed by atoms with Gasteiger partial charge in [-0.3, -0.25) is 4.68 Å². The SMILES string of the molecule is CCCNCc1cc(C)ccc1OCc1ccn(C)n1. The predicted molar refractivity (Wildman–Crippen MR) is 80.7 cm³/mol. The Bertz CT molecular complexity index is 548. The number of aryl methyl sites for hydroxylation is 2. The van der Waals surface area contributed by atoms with Gasteiger partial charge in [0, 0.05) is 25.4 Å². The van der Waals surface area contributed by atoms with Crippen molar-refractivity contribution in [1.82, 2.24) is 15.1 Å². The number of hydrogen-bond donors (Lipinski definition) is 1. The minimum Gasteiger partial charge on any atom is -0.487 e. The number of benzene rings is 1. The number of nitrogens with one attached hydrogen (secondary N) is 1. The monoisotopic (exact) mass is 273 g/mol. The van der Waals surface area contributed by atoms with E-state index in [0.717, 1.165) is 31.0 Å². The van der Waals surface area contributed by atoms with Crippen molar-refractivity contribution < 1.29 is 4.74 Å². The van der Waals surface area contributed by atoms with E-state index in [1.165, 1.54) is 11.1 Å². The molecule has 0 saturated carbocycles.